The van der Waals surface area contributed by atoms with Crippen molar-refractivity contribution >= 4 is 11.7 Å². The van der Waals surface area contributed by atoms with Crippen molar-refractivity contribution in [3.63, 3.8) is 0 Å². The molecule has 0 radical (unpaired) electrons. The fourth-order valence-electron chi connectivity index (χ4n) is 3.52. The van der Waals surface area contributed by atoms with Gasteiger partial charge in [0.15, 0.2) is 0 Å². The molecule has 2 heterocycles. The van der Waals surface area contributed by atoms with Gasteiger partial charge >= 0.3 is 6.03 Å². The topological polar surface area (TPSA) is 53.6 Å². The molecule has 1 aromatic carbocycles. The third kappa shape index (κ3) is 4.63. The van der Waals surface area contributed by atoms with E-state index in [1.807, 2.05) is 6.92 Å². The summed E-state index contributed by atoms with van der Waals surface area (Å²) >= 11 is 0. The van der Waals surface area contributed by atoms with Gasteiger partial charge in [-0.3, -0.25) is 0 Å². The van der Waals surface area contributed by atoms with Crippen LogP contribution in [-0.2, 0) is 4.74 Å². The average molecular weight is 331 g/mol. The van der Waals surface area contributed by atoms with Gasteiger partial charge < -0.3 is 20.3 Å². The fourth-order valence-corrected chi connectivity index (χ4v) is 3.52. The predicted molar refractivity (Wildman–Crippen MR) is 96.4 cm³/mol. The second-order valence-electron chi connectivity index (χ2n) is 6.83. The van der Waals surface area contributed by atoms with E-state index in [1.54, 1.807) is 0 Å². The third-order valence-electron chi connectivity index (χ3n) is 4.96. The highest BCUT2D eigenvalue weighted by atomic mass is 16.5. The van der Waals surface area contributed by atoms with Crippen LogP contribution in [0.25, 0.3) is 0 Å². The first-order valence-corrected chi connectivity index (χ1v) is 9.23. The number of rotatable bonds is 6. The van der Waals surface area contributed by atoms with E-state index in [0.717, 1.165) is 44.5 Å². The molecule has 2 atom stereocenters. The quantitative estimate of drug-likeness (QED) is 0.841. The lowest BCUT2D eigenvalue weighted by molar-refractivity contribution is 0.104. The van der Waals surface area contributed by atoms with Gasteiger partial charge in [-0.15, -0.1) is 0 Å². The van der Waals surface area contributed by atoms with Crippen LogP contribution in [-0.4, -0.2) is 38.4 Å². The first-order valence-electron chi connectivity index (χ1n) is 9.23. The molecular weight excluding hydrogens is 302 g/mol. The lowest BCUT2D eigenvalue weighted by atomic mass is 10.1. The number of hydrogen-bond acceptors (Lipinski definition) is 3. The lowest BCUT2D eigenvalue weighted by Gasteiger charge is -2.21. The van der Waals surface area contributed by atoms with E-state index < -0.39 is 0 Å². The minimum Gasteiger partial charge on any atom is -0.378 e. The maximum absolute atomic E-state index is 12.1. The Kier molecular flexibility index (Phi) is 5.96. The molecule has 2 amide bonds. The molecule has 2 aliphatic rings. The van der Waals surface area contributed by atoms with Crippen LogP contribution in [0.2, 0.25) is 0 Å². The van der Waals surface area contributed by atoms with Crippen LogP contribution in [0.4, 0.5) is 10.5 Å². The van der Waals surface area contributed by atoms with Crippen LogP contribution in [0.5, 0.6) is 0 Å². The Morgan fingerprint density at radius 2 is 2.17 bits per heavy atom. The van der Waals surface area contributed by atoms with Gasteiger partial charge in [0.1, 0.15) is 0 Å². The molecule has 2 aliphatic heterocycles. The Morgan fingerprint density at radius 3 is 2.92 bits per heavy atom. The van der Waals surface area contributed by atoms with Crippen molar-refractivity contribution < 1.29 is 9.53 Å². The van der Waals surface area contributed by atoms with Gasteiger partial charge in [-0.05, 0) is 56.7 Å². The van der Waals surface area contributed by atoms with Gasteiger partial charge in [0.25, 0.3) is 0 Å². The van der Waals surface area contributed by atoms with Crippen molar-refractivity contribution in [2.45, 2.75) is 51.2 Å². The van der Waals surface area contributed by atoms with E-state index >= 15 is 0 Å². The van der Waals surface area contributed by atoms with E-state index in [9.17, 15) is 4.79 Å². The maximum Gasteiger partial charge on any atom is 0.315 e. The van der Waals surface area contributed by atoms with Crippen LogP contribution >= 0.6 is 0 Å². The molecule has 2 fully saturated rings. The van der Waals surface area contributed by atoms with Crippen LogP contribution < -0.4 is 15.5 Å². The molecule has 0 bridgehead atoms. The minimum absolute atomic E-state index is 0.00437. The first kappa shape index (κ1) is 17.1. The van der Waals surface area contributed by atoms with Gasteiger partial charge in [0, 0.05) is 31.9 Å². The van der Waals surface area contributed by atoms with E-state index in [0.29, 0.717) is 12.6 Å². The zero-order valence-electron chi connectivity index (χ0n) is 14.6. The van der Waals surface area contributed by atoms with Gasteiger partial charge in [0.2, 0.25) is 0 Å². The second kappa shape index (κ2) is 8.38. The average Bonchev–Trinajstić information content (AvgIpc) is 3.29. The Hall–Kier alpha value is -1.75. The Balaban J connectivity index is 1.45. The fraction of sp³-hybridized carbons (Fsp3) is 0.632. The molecule has 2 N–H and O–H groups in total. The van der Waals surface area contributed by atoms with E-state index in [-0.39, 0.29) is 12.1 Å². The van der Waals surface area contributed by atoms with Crippen LogP contribution in [0, 0.1) is 0 Å². The third-order valence-corrected chi connectivity index (χ3v) is 4.96. The summed E-state index contributed by atoms with van der Waals surface area (Å²) in [4.78, 5) is 14.5. The molecule has 0 spiro atoms. The summed E-state index contributed by atoms with van der Waals surface area (Å²) in [6, 6.07) is 8.40. The number of carbonyl (C=O) groups excluding carboxylic acids is 1. The molecule has 24 heavy (non-hydrogen) atoms. The normalized spacial score (nSPS) is 21.7. The number of hydrogen-bond donors (Lipinski definition) is 2. The van der Waals surface area contributed by atoms with E-state index in [2.05, 4.69) is 39.8 Å². The van der Waals surface area contributed by atoms with Crippen LogP contribution in [0.3, 0.4) is 0 Å². The molecule has 3 rings (SSSR count). The summed E-state index contributed by atoms with van der Waals surface area (Å²) in [6.45, 7) is 5.82. The highest BCUT2D eigenvalue weighted by Gasteiger charge is 2.17. The molecular formula is C19H29N3O2. The number of ether oxygens (including phenoxy) is 1. The standard InChI is InChI=1S/C19H29N3O2/c1-15(21-19(23)20-10-9-18-8-5-13-24-18)16-6-4-7-17(14-16)22-11-2-3-12-22/h4,6-7,14-15,18H,2-3,5,8-13H2,1H3,(H2,20,21,23)/t15-,18-/m1/s1. The van der Waals surface area contributed by atoms with Crippen molar-refractivity contribution in [1.82, 2.24) is 10.6 Å². The zero-order chi connectivity index (χ0) is 16.8. The molecule has 132 valence electrons. The molecule has 0 unspecified atom stereocenters. The molecule has 1 aromatic rings. The van der Waals surface area contributed by atoms with Gasteiger partial charge in [-0.25, -0.2) is 4.79 Å². The van der Waals surface area contributed by atoms with Crippen LogP contribution in [0.15, 0.2) is 24.3 Å². The molecule has 5 heteroatoms. The van der Waals surface area contributed by atoms with Gasteiger partial charge in [-0.2, -0.15) is 0 Å². The predicted octanol–water partition coefficient (Wildman–Crippen LogP) is 3.22. The molecule has 0 aliphatic carbocycles. The highest BCUT2D eigenvalue weighted by molar-refractivity contribution is 5.74. The second-order valence-corrected chi connectivity index (χ2v) is 6.83. The maximum atomic E-state index is 12.1. The lowest BCUT2D eigenvalue weighted by Crippen LogP contribution is -2.38. The summed E-state index contributed by atoms with van der Waals surface area (Å²) < 4.78 is 5.57. The van der Waals surface area contributed by atoms with Crippen molar-refractivity contribution in [2.75, 3.05) is 31.1 Å². The van der Waals surface area contributed by atoms with Crippen molar-refractivity contribution in [1.29, 1.82) is 0 Å². The summed E-state index contributed by atoms with van der Waals surface area (Å²) in [7, 11) is 0. The Morgan fingerprint density at radius 1 is 1.33 bits per heavy atom. The van der Waals surface area contributed by atoms with E-state index in [4.69, 9.17) is 4.74 Å². The van der Waals surface area contributed by atoms with Crippen molar-refractivity contribution in [3.05, 3.63) is 29.8 Å². The Labute approximate surface area is 144 Å². The number of nitrogens with zero attached hydrogens (tertiary/aromatic N) is 1. The number of anilines is 1. The zero-order valence-corrected chi connectivity index (χ0v) is 14.6. The molecule has 5 nitrogen and oxygen atoms in total. The summed E-state index contributed by atoms with van der Waals surface area (Å²) in [5.41, 5.74) is 2.41. The number of urea groups is 1. The van der Waals surface area contributed by atoms with Gasteiger partial charge in [0.05, 0.1) is 12.1 Å². The number of nitrogens with one attached hydrogen (secondary N) is 2. The van der Waals surface area contributed by atoms with E-state index in [1.165, 1.54) is 18.5 Å². The number of benzene rings is 1. The van der Waals surface area contributed by atoms with Gasteiger partial charge in [-0.1, -0.05) is 12.1 Å². The first-order chi connectivity index (χ1) is 11.7. The summed E-state index contributed by atoms with van der Waals surface area (Å²) in [5, 5.41) is 5.97. The highest BCUT2D eigenvalue weighted by Crippen LogP contribution is 2.23. The largest absolute Gasteiger partial charge is 0.378 e. The minimum atomic E-state index is -0.105. The molecule has 2 saturated heterocycles. The smallest absolute Gasteiger partial charge is 0.315 e. The molecule has 0 aromatic heterocycles. The SMILES string of the molecule is C[C@@H](NC(=O)NCC[C@H]1CCCO1)c1cccc(N2CCCC2)c1. The number of amides is 2. The summed E-state index contributed by atoms with van der Waals surface area (Å²) in [5.74, 6) is 0. The van der Waals surface area contributed by atoms with Crippen LogP contribution in [0.1, 0.15) is 50.6 Å². The Bertz CT molecular complexity index is 537. The number of carbonyl (C=O) groups is 1. The van der Waals surface area contributed by atoms with Crippen molar-refractivity contribution in [3.8, 4) is 0 Å². The summed E-state index contributed by atoms with van der Waals surface area (Å²) in [6.07, 6.45) is 6.01. The van der Waals surface area contributed by atoms with Crippen molar-refractivity contribution in [2.24, 2.45) is 0 Å². The monoisotopic (exact) mass is 331 g/mol. The molecule has 0 saturated carbocycles.